The van der Waals surface area contributed by atoms with Gasteiger partial charge >= 0.3 is 6.03 Å². The van der Waals surface area contributed by atoms with Crippen molar-refractivity contribution < 1.29 is 14.4 Å². The van der Waals surface area contributed by atoms with Crippen LogP contribution >= 0.6 is 23.2 Å². The molecule has 0 saturated carbocycles. The van der Waals surface area contributed by atoms with Gasteiger partial charge in [0.15, 0.2) is 0 Å². The summed E-state index contributed by atoms with van der Waals surface area (Å²) in [5, 5.41) is 6.62. The first-order valence-electron chi connectivity index (χ1n) is 11.2. The average molecular weight is 501 g/mol. The smallest absolute Gasteiger partial charge is 0.322 e. The van der Waals surface area contributed by atoms with Gasteiger partial charge in [-0.2, -0.15) is 0 Å². The van der Waals surface area contributed by atoms with E-state index in [4.69, 9.17) is 23.2 Å². The molecule has 2 aromatic rings. The van der Waals surface area contributed by atoms with Crippen molar-refractivity contribution in [2.45, 2.75) is 32.4 Å². The van der Waals surface area contributed by atoms with E-state index in [1.54, 1.807) is 25.1 Å². The van der Waals surface area contributed by atoms with Crippen molar-refractivity contribution in [1.82, 2.24) is 20.4 Å². The maximum Gasteiger partial charge on any atom is 0.322 e. The van der Waals surface area contributed by atoms with Crippen LogP contribution in [0.4, 0.5) is 4.79 Å². The standard InChI is InChI=1S/C25H26Cl2N4O3/c1-3-30-20-14-31(15(2)23(32)28-12-11-16-7-5-4-6-8-16)24(33)21(20)22(29-25(30)34)18-10-9-17(26)13-19(18)27/h4-10,13,15,22H,3,11-12,14H2,1-2H3,(H,28,32)(H,29,34)/t15-,22+/m1/s1. The Balaban J connectivity index is 1.53. The van der Waals surface area contributed by atoms with Crippen LogP contribution in [-0.4, -0.2) is 53.3 Å². The molecule has 0 spiro atoms. The molecule has 0 aromatic heterocycles. The zero-order valence-electron chi connectivity index (χ0n) is 19.0. The molecule has 34 heavy (non-hydrogen) atoms. The molecule has 2 aliphatic rings. The summed E-state index contributed by atoms with van der Waals surface area (Å²) in [6, 6.07) is 13.1. The molecule has 2 aromatic carbocycles. The van der Waals surface area contributed by atoms with E-state index in [-0.39, 0.29) is 24.4 Å². The highest BCUT2D eigenvalue weighted by atomic mass is 35.5. The first-order chi connectivity index (χ1) is 16.3. The minimum absolute atomic E-state index is 0.171. The highest BCUT2D eigenvalue weighted by Gasteiger charge is 2.46. The fourth-order valence-corrected chi connectivity index (χ4v) is 4.91. The highest BCUT2D eigenvalue weighted by molar-refractivity contribution is 6.35. The molecule has 9 heteroatoms. The summed E-state index contributed by atoms with van der Waals surface area (Å²) < 4.78 is 0. The lowest BCUT2D eigenvalue weighted by Crippen LogP contribution is -2.47. The first kappa shape index (κ1) is 24.1. The second-order valence-corrected chi connectivity index (χ2v) is 9.13. The van der Waals surface area contributed by atoms with Crippen LogP contribution in [0, 0.1) is 0 Å². The van der Waals surface area contributed by atoms with Crippen molar-refractivity contribution in [3.05, 3.63) is 81.0 Å². The Morgan fingerprint density at radius 3 is 2.59 bits per heavy atom. The van der Waals surface area contributed by atoms with Gasteiger partial charge in [-0.1, -0.05) is 59.6 Å². The van der Waals surface area contributed by atoms with Crippen LogP contribution in [-0.2, 0) is 16.0 Å². The Hall–Kier alpha value is -3.03. The maximum absolute atomic E-state index is 13.6. The van der Waals surface area contributed by atoms with E-state index in [1.807, 2.05) is 37.3 Å². The van der Waals surface area contributed by atoms with E-state index >= 15 is 0 Å². The molecule has 2 aliphatic heterocycles. The van der Waals surface area contributed by atoms with Crippen LogP contribution in [0.1, 0.15) is 31.0 Å². The van der Waals surface area contributed by atoms with E-state index in [0.29, 0.717) is 46.4 Å². The number of rotatable bonds is 7. The largest absolute Gasteiger partial charge is 0.354 e. The summed E-state index contributed by atoms with van der Waals surface area (Å²) in [4.78, 5) is 42.3. The Bertz CT molecular complexity index is 1150. The average Bonchev–Trinajstić information content (AvgIpc) is 3.16. The molecule has 4 amide bonds. The fraction of sp³-hybridized carbons (Fsp3) is 0.320. The molecular formula is C25H26Cl2N4O3. The van der Waals surface area contributed by atoms with Crippen molar-refractivity contribution in [2.75, 3.05) is 19.6 Å². The van der Waals surface area contributed by atoms with Gasteiger partial charge in [0.2, 0.25) is 5.91 Å². The lowest BCUT2D eigenvalue weighted by molar-refractivity contribution is -0.135. The third-order valence-corrected chi connectivity index (χ3v) is 6.80. The van der Waals surface area contributed by atoms with Crippen LogP contribution in [0.5, 0.6) is 0 Å². The van der Waals surface area contributed by atoms with Gasteiger partial charge in [0.1, 0.15) is 6.04 Å². The molecule has 0 fully saturated rings. The predicted octanol–water partition coefficient (Wildman–Crippen LogP) is 3.92. The summed E-state index contributed by atoms with van der Waals surface area (Å²) in [6.07, 6.45) is 0.696. The van der Waals surface area contributed by atoms with E-state index in [0.717, 1.165) is 5.56 Å². The summed E-state index contributed by atoms with van der Waals surface area (Å²) in [5.41, 5.74) is 2.72. The van der Waals surface area contributed by atoms with Crippen molar-refractivity contribution >= 4 is 41.0 Å². The molecule has 2 heterocycles. The Morgan fingerprint density at radius 2 is 1.91 bits per heavy atom. The van der Waals surface area contributed by atoms with E-state index < -0.39 is 12.1 Å². The molecule has 7 nitrogen and oxygen atoms in total. The highest BCUT2D eigenvalue weighted by Crippen LogP contribution is 2.39. The van der Waals surface area contributed by atoms with Gasteiger partial charge in [0.05, 0.1) is 23.9 Å². The number of carbonyl (C=O) groups is 3. The van der Waals surface area contributed by atoms with Crippen molar-refractivity contribution in [3.8, 4) is 0 Å². The molecule has 178 valence electrons. The third-order valence-electron chi connectivity index (χ3n) is 6.24. The number of hydrogen-bond donors (Lipinski definition) is 2. The molecule has 2 atom stereocenters. The summed E-state index contributed by atoms with van der Waals surface area (Å²) in [7, 11) is 0. The third kappa shape index (κ3) is 4.63. The van der Waals surface area contributed by atoms with Crippen molar-refractivity contribution in [3.63, 3.8) is 0 Å². The van der Waals surface area contributed by atoms with Gasteiger partial charge in [-0.15, -0.1) is 0 Å². The fourth-order valence-electron chi connectivity index (χ4n) is 4.39. The number of halogens is 2. The minimum Gasteiger partial charge on any atom is -0.354 e. The predicted molar refractivity (Wildman–Crippen MR) is 131 cm³/mol. The first-order valence-corrected chi connectivity index (χ1v) is 12.0. The number of urea groups is 1. The second-order valence-electron chi connectivity index (χ2n) is 8.29. The zero-order valence-corrected chi connectivity index (χ0v) is 20.5. The second kappa shape index (κ2) is 10.1. The number of likely N-dealkylation sites (N-methyl/N-ethyl adjacent to an activating group) is 1. The Labute approximate surface area is 208 Å². The van der Waals surface area contributed by atoms with Crippen molar-refractivity contribution in [2.24, 2.45) is 0 Å². The SMILES string of the molecule is CCN1C(=O)N[C@@H](c2ccc(Cl)cc2Cl)C2=C1CN([C@H](C)C(=O)NCCc1ccccc1)C2=O. The molecule has 0 radical (unpaired) electrons. The Morgan fingerprint density at radius 1 is 1.18 bits per heavy atom. The van der Waals surface area contributed by atoms with E-state index in [1.165, 1.54) is 9.80 Å². The van der Waals surface area contributed by atoms with Crippen LogP contribution < -0.4 is 10.6 Å². The molecule has 0 bridgehead atoms. The number of hydrogen-bond acceptors (Lipinski definition) is 3. The summed E-state index contributed by atoms with van der Waals surface area (Å²) >= 11 is 12.5. The van der Waals surface area contributed by atoms with Gasteiger partial charge in [-0.05, 0) is 43.5 Å². The maximum atomic E-state index is 13.6. The zero-order chi connectivity index (χ0) is 24.4. The number of nitrogens with zero attached hydrogens (tertiary/aromatic N) is 2. The van der Waals surface area contributed by atoms with Crippen molar-refractivity contribution in [1.29, 1.82) is 0 Å². The van der Waals surface area contributed by atoms with Crippen LogP contribution in [0.25, 0.3) is 0 Å². The number of carbonyl (C=O) groups excluding carboxylic acids is 3. The summed E-state index contributed by atoms with van der Waals surface area (Å²) in [5.74, 6) is -0.539. The quantitative estimate of drug-likeness (QED) is 0.604. The van der Waals surface area contributed by atoms with E-state index in [9.17, 15) is 14.4 Å². The lowest BCUT2D eigenvalue weighted by Gasteiger charge is -2.33. The monoisotopic (exact) mass is 500 g/mol. The van der Waals surface area contributed by atoms with Gasteiger partial charge in [0, 0.05) is 23.1 Å². The number of amides is 4. The topological polar surface area (TPSA) is 81.8 Å². The van der Waals surface area contributed by atoms with Gasteiger partial charge in [-0.3, -0.25) is 14.5 Å². The van der Waals surface area contributed by atoms with Crippen LogP contribution in [0.3, 0.4) is 0 Å². The number of nitrogens with one attached hydrogen (secondary N) is 2. The lowest BCUT2D eigenvalue weighted by atomic mass is 9.95. The molecule has 2 N–H and O–H groups in total. The summed E-state index contributed by atoms with van der Waals surface area (Å²) in [6.45, 7) is 4.57. The molecule has 0 aliphatic carbocycles. The molecular weight excluding hydrogens is 475 g/mol. The number of benzene rings is 2. The van der Waals surface area contributed by atoms with E-state index in [2.05, 4.69) is 10.6 Å². The van der Waals surface area contributed by atoms with Crippen LogP contribution in [0.2, 0.25) is 10.0 Å². The molecule has 0 unspecified atom stereocenters. The molecule has 4 rings (SSSR count). The minimum atomic E-state index is -0.721. The van der Waals surface area contributed by atoms with Gasteiger partial charge in [0.25, 0.3) is 5.91 Å². The Kier molecular flexibility index (Phi) is 7.14. The van der Waals surface area contributed by atoms with Gasteiger partial charge < -0.3 is 15.5 Å². The molecule has 0 saturated heterocycles. The normalized spacial score (nSPS) is 18.6. The van der Waals surface area contributed by atoms with Crippen LogP contribution in [0.15, 0.2) is 59.8 Å². The van der Waals surface area contributed by atoms with Gasteiger partial charge in [-0.25, -0.2) is 4.79 Å².